The van der Waals surface area contributed by atoms with Crippen molar-refractivity contribution < 1.29 is 8.42 Å². The third kappa shape index (κ3) is 3.59. The van der Waals surface area contributed by atoms with Gasteiger partial charge in [0.25, 0.3) is 0 Å². The zero-order valence-corrected chi connectivity index (χ0v) is 14.0. The molecule has 1 aromatic heterocycles. The Kier molecular flexibility index (Phi) is 4.17. The van der Waals surface area contributed by atoms with Crippen LogP contribution in [-0.4, -0.2) is 38.0 Å². The molecule has 0 bridgehead atoms. The van der Waals surface area contributed by atoms with Crippen LogP contribution in [0.4, 0.5) is 5.82 Å². The number of nitrogens with zero attached hydrogens (tertiary/aromatic N) is 3. The average Bonchev–Trinajstić information content (AvgIpc) is 2.54. The minimum Gasteiger partial charge on any atom is -0.351 e. The highest BCUT2D eigenvalue weighted by Crippen LogP contribution is 2.25. The number of anilines is 1. The van der Waals surface area contributed by atoms with Crippen molar-refractivity contribution in [2.45, 2.75) is 18.4 Å². The predicted molar refractivity (Wildman–Crippen MR) is 91.1 cm³/mol. The Labute approximate surface area is 136 Å². The third-order valence-electron chi connectivity index (χ3n) is 3.93. The lowest BCUT2D eigenvalue weighted by atomic mass is 9.98. The van der Waals surface area contributed by atoms with E-state index in [4.69, 9.17) is 0 Å². The molecule has 1 aliphatic heterocycles. The molecule has 0 saturated carbocycles. The normalized spacial score (nSPS) is 15.4. The number of hydrogen-bond acceptors (Lipinski definition) is 5. The second-order valence-electron chi connectivity index (χ2n) is 5.80. The molecule has 0 unspecified atom stereocenters. The molecule has 23 heavy (non-hydrogen) atoms. The van der Waals surface area contributed by atoms with E-state index in [-0.39, 0.29) is 5.03 Å². The van der Waals surface area contributed by atoms with Crippen LogP contribution in [0.1, 0.15) is 17.5 Å². The molecule has 0 radical (unpaired) electrons. The van der Waals surface area contributed by atoms with E-state index in [1.54, 1.807) is 6.07 Å². The number of aromatic nitrogens is 2. The summed E-state index contributed by atoms with van der Waals surface area (Å²) in [5, 5.41) is 7.87. The lowest BCUT2D eigenvalue weighted by Gasteiger charge is -2.27. The molecule has 1 aliphatic rings. The van der Waals surface area contributed by atoms with E-state index >= 15 is 0 Å². The van der Waals surface area contributed by atoms with Crippen molar-refractivity contribution in [3.8, 4) is 0 Å². The zero-order chi connectivity index (χ0) is 16.4. The van der Waals surface area contributed by atoms with Crippen molar-refractivity contribution in [1.29, 1.82) is 0 Å². The standard InChI is InChI=1S/C17H19N3O2S/c1-13-4-3-5-15(12-13)14-8-10-20(11-9-14)16-6-7-17(19-18-16)23(2,21)22/h3-8,12H,9-11H2,1-2H3. The van der Waals surface area contributed by atoms with E-state index < -0.39 is 9.84 Å². The van der Waals surface area contributed by atoms with Gasteiger partial charge in [0.2, 0.25) is 0 Å². The van der Waals surface area contributed by atoms with E-state index in [1.807, 2.05) is 0 Å². The maximum absolute atomic E-state index is 11.4. The second kappa shape index (κ2) is 6.12. The molecule has 6 heteroatoms. The Bertz CT molecular complexity index is 842. The zero-order valence-electron chi connectivity index (χ0n) is 13.2. The first-order chi connectivity index (χ1) is 10.9. The Balaban J connectivity index is 1.76. The maximum atomic E-state index is 11.4. The highest BCUT2D eigenvalue weighted by molar-refractivity contribution is 7.90. The molecule has 0 atom stereocenters. The average molecular weight is 329 g/mol. The number of aryl methyl sites for hydroxylation is 1. The number of rotatable bonds is 3. The van der Waals surface area contributed by atoms with E-state index in [1.165, 1.54) is 22.8 Å². The first-order valence-corrected chi connectivity index (χ1v) is 9.37. The summed E-state index contributed by atoms with van der Waals surface area (Å²) in [6.07, 6.45) is 4.26. The summed E-state index contributed by atoms with van der Waals surface area (Å²) in [6.45, 7) is 3.68. The van der Waals surface area contributed by atoms with Gasteiger partial charge in [-0.25, -0.2) is 8.42 Å². The molecule has 0 N–H and O–H groups in total. The van der Waals surface area contributed by atoms with Crippen molar-refractivity contribution in [1.82, 2.24) is 10.2 Å². The highest BCUT2D eigenvalue weighted by Gasteiger charge is 2.16. The molecule has 0 saturated heterocycles. The van der Waals surface area contributed by atoms with Gasteiger partial charge < -0.3 is 4.90 Å². The van der Waals surface area contributed by atoms with Crippen molar-refractivity contribution in [3.05, 3.63) is 53.6 Å². The minimum atomic E-state index is -3.30. The minimum absolute atomic E-state index is 0.00857. The summed E-state index contributed by atoms with van der Waals surface area (Å²) in [4.78, 5) is 2.10. The molecular formula is C17H19N3O2S. The van der Waals surface area contributed by atoms with Gasteiger partial charge in [-0.3, -0.25) is 0 Å². The van der Waals surface area contributed by atoms with Crippen LogP contribution in [0.2, 0.25) is 0 Å². The molecule has 2 heterocycles. The fraction of sp³-hybridized carbons (Fsp3) is 0.294. The van der Waals surface area contributed by atoms with Gasteiger partial charge in [0.1, 0.15) is 0 Å². The fourth-order valence-electron chi connectivity index (χ4n) is 2.66. The van der Waals surface area contributed by atoms with Gasteiger partial charge in [0.05, 0.1) is 0 Å². The summed E-state index contributed by atoms with van der Waals surface area (Å²) >= 11 is 0. The van der Waals surface area contributed by atoms with Gasteiger partial charge in [-0.1, -0.05) is 35.9 Å². The summed E-state index contributed by atoms with van der Waals surface area (Å²) in [5.41, 5.74) is 3.86. The number of hydrogen-bond donors (Lipinski definition) is 0. The lowest BCUT2D eigenvalue weighted by molar-refractivity contribution is 0.595. The van der Waals surface area contributed by atoms with Crippen LogP contribution in [-0.2, 0) is 9.84 Å². The van der Waals surface area contributed by atoms with Gasteiger partial charge in [-0.05, 0) is 36.6 Å². The van der Waals surface area contributed by atoms with Crippen molar-refractivity contribution in [2.24, 2.45) is 0 Å². The van der Waals surface area contributed by atoms with Crippen LogP contribution < -0.4 is 4.90 Å². The summed E-state index contributed by atoms with van der Waals surface area (Å²) in [7, 11) is -3.30. The molecule has 0 amide bonds. The van der Waals surface area contributed by atoms with E-state index in [0.717, 1.165) is 25.8 Å². The number of benzene rings is 1. The van der Waals surface area contributed by atoms with Crippen LogP contribution in [0.25, 0.3) is 5.57 Å². The molecule has 1 aromatic carbocycles. The first-order valence-electron chi connectivity index (χ1n) is 7.48. The Hall–Kier alpha value is -2.21. The molecule has 0 fully saturated rings. The van der Waals surface area contributed by atoms with Crippen LogP contribution in [0.15, 0.2) is 47.5 Å². The molecule has 120 valence electrons. The lowest BCUT2D eigenvalue weighted by Crippen LogP contribution is -2.29. The molecule has 0 spiro atoms. The van der Waals surface area contributed by atoms with E-state index in [9.17, 15) is 8.42 Å². The summed E-state index contributed by atoms with van der Waals surface area (Å²) < 4.78 is 22.8. The van der Waals surface area contributed by atoms with Gasteiger partial charge in [-0.2, -0.15) is 0 Å². The van der Waals surface area contributed by atoms with Crippen LogP contribution in [0, 0.1) is 6.92 Å². The third-order valence-corrected chi connectivity index (χ3v) is 4.91. The molecule has 2 aromatic rings. The Morgan fingerprint density at radius 1 is 1.13 bits per heavy atom. The Morgan fingerprint density at radius 3 is 2.52 bits per heavy atom. The van der Waals surface area contributed by atoms with Crippen molar-refractivity contribution >= 4 is 21.2 Å². The molecule has 0 aliphatic carbocycles. The first kappa shape index (κ1) is 15.7. The topological polar surface area (TPSA) is 63.2 Å². The Morgan fingerprint density at radius 2 is 1.96 bits per heavy atom. The monoisotopic (exact) mass is 329 g/mol. The number of sulfone groups is 1. The van der Waals surface area contributed by atoms with E-state index in [2.05, 4.69) is 52.4 Å². The van der Waals surface area contributed by atoms with Crippen LogP contribution >= 0.6 is 0 Å². The van der Waals surface area contributed by atoms with Crippen molar-refractivity contribution in [2.75, 3.05) is 24.2 Å². The SMILES string of the molecule is Cc1cccc(C2=CCN(c3ccc(S(C)(=O)=O)nn3)CC2)c1. The predicted octanol–water partition coefficient (Wildman–Crippen LogP) is 2.48. The largest absolute Gasteiger partial charge is 0.351 e. The summed E-state index contributed by atoms with van der Waals surface area (Å²) in [6, 6.07) is 11.7. The van der Waals surface area contributed by atoms with Crippen LogP contribution in [0.3, 0.4) is 0 Å². The van der Waals surface area contributed by atoms with Gasteiger partial charge in [-0.15, -0.1) is 10.2 Å². The molecule has 5 nitrogen and oxygen atoms in total. The smallest absolute Gasteiger partial charge is 0.194 e. The van der Waals surface area contributed by atoms with Gasteiger partial charge in [0, 0.05) is 19.3 Å². The van der Waals surface area contributed by atoms with Crippen LogP contribution in [0.5, 0.6) is 0 Å². The molecule has 3 rings (SSSR count). The fourth-order valence-corrected chi connectivity index (χ4v) is 3.17. The molecular weight excluding hydrogens is 310 g/mol. The van der Waals surface area contributed by atoms with Gasteiger partial charge in [0.15, 0.2) is 20.7 Å². The highest BCUT2D eigenvalue weighted by atomic mass is 32.2. The quantitative estimate of drug-likeness (QED) is 0.866. The van der Waals surface area contributed by atoms with Crippen molar-refractivity contribution in [3.63, 3.8) is 0 Å². The maximum Gasteiger partial charge on any atom is 0.194 e. The summed E-state index contributed by atoms with van der Waals surface area (Å²) in [5.74, 6) is 0.706. The van der Waals surface area contributed by atoms with E-state index in [0.29, 0.717) is 5.82 Å². The van der Waals surface area contributed by atoms with Gasteiger partial charge >= 0.3 is 0 Å². The second-order valence-corrected chi connectivity index (χ2v) is 7.76.